The van der Waals surface area contributed by atoms with Crippen molar-refractivity contribution >= 4 is 34.6 Å². The number of aryl methyl sites for hydroxylation is 1. The SMILES string of the molecule is Cc1cc([C@H]2[C@H](c3ccccn3)NC(=S)N2c2ccc(Cl)cc2)c(C)n1Cc1ccccc1. The topological polar surface area (TPSA) is 33.1 Å². The van der Waals surface area contributed by atoms with Crippen LogP contribution in [0.2, 0.25) is 5.02 Å². The maximum Gasteiger partial charge on any atom is 0.174 e. The highest BCUT2D eigenvalue weighted by Gasteiger charge is 2.42. The molecule has 0 aliphatic carbocycles. The Morgan fingerprint density at radius 2 is 1.70 bits per heavy atom. The third kappa shape index (κ3) is 4.14. The van der Waals surface area contributed by atoms with Gasteiger partial charge in [-0.15, -0.1) is 0 Å². The number of nitrogens with zero attached hydrogens (tertiary/aromatic N) is 3. The predicted molar refractivity (Wildman–Crippen MR) is 139 cm³/mol. The summed E-state index contributed by atoms with van der Waals surface area (Å²) in [6, 6.07) is 26.6. The maximum absolute atomic E-state index is 6.18. The molecule has 0 spiro atoms. The molecule has 1 N–H and O–H groups in total. The Balaban J connectivity index is 1.62. The van der Waals surface area contributed by atoms with Crippen LogP contribution in [0.5, 0.6) is 0 Å². The number of nitrogens with one attached hydrogen (secondary N) is 1. The third-order valence-corrected chi connectivity index (χ3v) is 6.88. The predicted octanol–water partition coefficient (Wildman–Crippen LogP) is 6.38. The number of thiocarbonyl (C=S) groups is 1. The maximum atomic E-state index is 6.18. The molecule has 33 heavy (non-hydrogen) atoms. The molecule has 0 unspecified atom stereocenters. The van der Waals surface area contributed by atoms with Gasteiger partial charge in [-0.25, -0.2) is 0 Å². The lowest BCUT2D eigenvalue weighted by Gasteiger charge is -2.28. The smallest absolute Gasteiger partial charge is 0.174 e. The van der Waals surface area contributed by atoms with Gasteiger partial charge in [-0.2, -0.15) is 0 Å². The van der Waals surface area contributed by atoms with Crippen molar-refractivity contribution in [1.82, 2.24) is 14.9 Å². The first-order valence-corrected chi connectivity index (χ1v) is 11.8. The molecule has 5 rings (SSSR count). The summed E-state index contributed by atoms with van der Waals surface area (Å²) >= 11 is 12.0. The number of hydrogen-bond donors (Lipinski definition) is 1. The number of rotatable bonds is 5. The van der Waals surface area contributed by atoms with E-state index in [9.17, 15) is 0 Å². The molecule has 2 aromatic carbocycles. The minimum Gasteiger partial charge on any atom is -0.351 e. The first-order valence-electron chi connectivity index (χ1n) is 11.0. The van der Waals surface area contributed by atoms with Crippen molar-refractivity contribution in [2.45, 2.75) is 32.5 Å². The van der Waals surface area contributed by atoms with Gasteiger partial charge < -0.3 is 14.8 Å². The van der Waals surface area contributed by atoms with Crippen LogP contribution in [-0.4, -0.2) is 14.7 Å². The highest BCUT2D eigenvalue weighted by atomic mass is 35.5. The fraction of sp³-hybridized carbons (Fsp3) is 0.185. The molecule has 0 radical (unpaired) electrons. The Morgan fingerprint density at radius 1 is 0.970 bits per heavy atom. The van der Waals surface area contributed by atoms with Crippen molar-refractivity contribution < 1.29 is 0 Å². The van der Waals surface area contributed by atoms with E-state index in [0.29, 0.717) is 10.1 Å². The highest BCUT2D eigenvalue weighted by Crippen LogP contribution is 2.43. The summed E-state index contributed by atoms with van der Waals surface area (Å²) < 4.78 is 2.38. The van der Waals surface area contributed by atoms with Crippen LogP contribution in [0.15, 0.2) is 85.1 Å². The molecular formula is C27H25ClN4S. The summed E-state index contributed by atoms with van der Waals surface area (Å²) in [6.07, 6.45) is 1.83. The molecule has 1 fully saturated rings. The third-order valence-electron chi connectivity index (χ3n) is 6.32. The molecule has 0 bridgehead atoms. The summed E-state index contributed by atoms with van der Waals surface area (Å²) in [7, 11) is 0. The van der Waals surface area contributed by atoms with Crippen LogP contribution in [0, 0.1) is 13.8 Å². The van der Waals surface area contributed by atoms with E-state index in [2.05, 4.69) is 76.1 Å². The summed E-state index contributed by atoms with van der Waals surface area (Å²) in [6.45, 7) is 5.20. The summed E-state index contributed by atoms with van der Waals surface area (Å²) in [4.78, 5) is 6.86. The highest BCUT2D eigenvalue weighted by molar-refractivity contribution is 7.80. The van der Waals surface area contributed by atoms with E-state index in [1.54, 1.807) is 0 Å². The van der Waals surface area contributed by atoms with Crippen LogP contribution in [0.4, 0.5) is 5.69 Å². The second-order valence-electron chi connectivity index (χ2n) is 8.37. The monoisotopic (exact) mass is 472 g/mol. The van der Waals surface area contributed by atoms with Gasteiger partial charge in [0.1, 0.15) is 0 Å². The van der Waals surface area contributed by atoms with E-state index in [1.807, 2.05) is 42.6 Å². The second-order valence-corrected chi connectivity index (χ2v) is 9.19. The first-order chi connectivity index (χ1) is 16.0. The number of pyridine rings is 1. The molecule has 3 heterocycles. The van der Waals surface area contributed by atoms with Crippen molar-refractivity contribution in [3.8, 4) is 0 Å². The zero-order valence-electron chi connectivity index (χ0n) is 18.6. The average Bonchev–Trinajstić information content (AvgIpc) is 3.32. The lowest BCUT2D eigenvalue weighted by Crippen LogP contribution is -2.29. The average molecular weight is 473 g/mol. The van der Waals surface area contributed by atoms with Gasteiger partial charge in [-0.3, -0.25) is 4.98 Å². The lowest BCUT2D eigenvalue weighted by molar-refractivity contribution is 0.563. The van der Waals surface area contributed by atoms with Crippen LogP contribution in [0.1, 0.15) is 40.3 Å². The minimum atomic E-state index is -0.0694. The molecule has 1 aliphatic heterocycles. The fourth-order valence-corrected chi connectivity index (χ4v) is 5.16. The zero-order valence-corrected chi connectivity index (χ0v) is 20.1. The van der Waals surface area contributed by atoms with Gasteiger partial charge in [0.05, 0.1) is 17.8 Å². The molecule has 6 heteroatoms. The van der Waals surface area contributed by atoms with Crippen LogP contribution in [-0.2, 0) is 6.54 Å². The molecule has 0 saturated carbocycles. The Hall–Kier alpha value is -3.15. The molecule has 4 aromatic rings. The van der Waals surface area contributed by atoms with Gasteiger partial charge >= 0.3 is 0 Å². The molecule has 2 aromatic heterocycles. The molecular weight excluding hydrogens is 448 g/mol. The van der Waals surface area contributed by atoms with Crippen molar-refractivity contribution in [3.63, 3.8) is 0 Å². The van der Waals surface area contributed by atoms with Gasteiger partial charge in [0.25, 0.3) is 0 Å². The van der Waals surface area contributed by atoms with Gasteiger partial charge in [-0.05, 0) is 79.7 Å². The Morgan fingerprint density at radius 3 is 2.39 bits per heavy atom. The van der Waals surface area contributed by atoms with E-state index < -0.39 is 0 Å². The second kappa shape index (κ2) is 9.00. The Labute approximate surface area is 204 Å². The van der Waals surface area contributed by atoms with E-state index in [1.165, 1.54) is 22.5 Å². The molecule has 0 amide bonds. The van der Waals surface area contributed by atoms with E-state index in [0.717, 1.165) is 17.9 Å². The van der Waals surface area contributed by atoms with Crippen LogP contribution < -0.4 is 10.2 Å². The van der Waals surface area contributed by atoms with Crippen molar-refractivity contribution in [2.24, 2.45) is 0 Å². The summed E-state index contributed by atoms with van der Waals surface area (Å²) in [5.41, 5.74) is 6.94. The number of benzene rings is 2. The van der Waals surface area contributed by atoms with Crippen LogP contribution in [0.3, 0.4) is 0 Å². The molecule has 1 saturated heterocycles. The largest absolute Gasteiger partial charge is 0.351 e. The van der Waals surface area contributed by atoms with E-state index >= 15 is 0 Å². The van der Waals surface area contributed by atoms with Gasteiger partial charge in [0.2, 0.25) is 0 Å². The molecule has 4 nitrogen and oxygen atoms in total. The number of hydrogen-bond acceptors (Lipinski definition) is 2. The van der Waals surface area contributed by atoms with Crippen molar-refractivity contribution in [1.29, 1.82) is 0 Å². The quantitative estimate of drug-likeness (QED) is 0.342. The van der Waals surface area contributed by atoms with E-state index in [-0.39, 0.29) is 12.1 Å². The van der Waals surface area contributed by atoms with Gasteiger partial charge in [0, 0.05) is 34.8 Å². The lowest BCUT2D eigenvalue weighted by atomic mass is 9.96. The number of anilines is 1. The van der Waals surface area contributed by atoms with Crippen LogP contribution in [0.25, 0.3) is 0 Å². The van der Waals surface area contributed by atoms with Gasteiger partial charge in [-0.1, -0.05) is 48.0 Å². The molecule has 2 atom stereocenters. The van der Waals surface area contributed by atoms with Crippen molar-refractivity contribution in [2.75, 3.05) is 4.90 Å². The standard InChI is InChI=1S/C27H25ClN4S/c1-18-16-23(19(2)31(18)17-20-8-4-3-5-9-20)26-25(24-10-6-7-15-29-24)30-27(33)32(26)22-13-11-21(28)12-14-22/h3-16,25-26H,17H2,1-2H3,(H,30,33)/t25-,26-/m0/s1. The zero-order chi connectivity index (χ0) is 22.9. The van der Waals surface area contributed by atoms with Crippen LogP contribution >= 0.6 is 23.8 Å². The number of aromatic nitrogens is 2. The molecule has 166 valence electrons. The fourth-order valence-electron chi connectivity index (χ4n) is 4.69. The molecule has 1 aliphatic rings. The van der Waals surface area contributed by atoms with Crippen molar-refractivity contribution in [3.05, 3.63) is 118 Å². The summed E-state index contributed by atoms with van der Waals surface area (Å²) in [5.74, 6) is 0. The summed E-state index contributed by atoms with van der Waals surface area (Å²) in [5, 5.41) is 4.93. The Kier molecular flexibility index (Phi) is 5.92. The normalized spacial score (nSPS) is 17.9. The Bertz CT molecular complexity index is 1270. The van der Waals surface area contributed by atoms with Gasteiger partial charge in [0.15, 0.2) is 5.11 Å². The minimum absolute atomic E-state index is 0.0377. The first kappa shape index (κ1) is 21.7. The van der Waals surface area contributed by atoms with E-state index in [4.69, 9.17) is 23.8 Å². The number of halogens is 1.